The molecule has 8 nitrogen and oxygen atoms in total. The van der Waals surface area contributed by atoms with Gasteiger partial charge >= 0.3 is 0 Å². The van der Waals surface area contributed by atoms with E-state index in [1.165, 1.54) is 12.1 Å². The summed E-state index contributed by atoms with van der Waals surface area (Å²) in [6.45, 7) is 0.0571. The summed E-state index contributed by atoms with van der Waals surface area (Å²) in [6.07, 6.45) is 0. The van der Waals surface area contributed by atoms with Crippen molar-refractivity contribution in [3.05, 3.63) is 81.0 Å². The van der Waals surface area contributed by atoms with Crippen molar-refractivity contribution in [1.29, 1.82) is 0 Å². The van der Waals surface area contributed by atoms with Crippen molar-refractivity contribution in [3.8, 4) is 11.5 Å². The first-order valence-corrected chi connectivity index (χ1v) is 8.56. The van der Waals surface area contributed by atoms with E-state index in [0.717, 1.165) is 17.0 Å². The van der Waals surface area contributed by atoms with Crippen LogP contribution < -0.4 is 5.32 Å². The molecule has 9 heteroatoms. The molecule has 0 saturated heterocycles. The highest BCUT2D eigenvalue weighted by Gasteiger charge is 2.17. The van der Waals surface area contributed by atoms with Gasteiger partial charge in [-0.2, -0.15) is 0 Å². The van der Waals surface area contributed by atoms with Gasteiger partial charge in [0.15, 0.2) is 5.76 Å². The van der Waals surface area contributed by atoms with Gasteiger partial charge in [0.2, 0.25) is 5.76 Å². The number of rotatable bonds is 5. The summed E-state index contributed by atoms with van der Waals surface area (Å²) in [7, 11) is 0. The minimum absolute atomic E-state index is 0.0110. The van der Waals surface area contributed by atoms with E-state index in [1.54, 1.807) is 6.07 Å². The molecule has 0 unspecified atom stereocenters. The molecule has 0 saturated carbocycles. The lowest BCUT2D eigenvalue weighted by Crippen LogP contribution is -2.23. The van der Waals surface area contributed by atoms with E-state index in [1.807, 2.05) is 30.3 Å². The number of hydrogen-bond acceptors (Lipinski definition) is 6. The molecule has 0 spiro atoms. The highest BCUT2D eigenvalue weighted by Crippen LogP contribution is 2.28. The van der Waals surface area contributed by atoms with Crippen LogP contribution in [-0.2, 0) is 6.54 Å². The molecule has 0 atom stereocenters. The van der Waals surface area contributed by atoms with Crippen molar-refractivity contribution in [2.45, 2.75) is 6.54 Å². The third kappa shape index (κ3) is 3.45. The van der Waals surface area contributed by atoms with Gasteiger partial charge in [0.25, 0.3) is 11.6 Å². The molecular weight excluding hydrogens is 386 g/mol. The van der Waals surface area contributed by atoms with Crippen LogP contribution in [0.1, 0.15) is 16.1 Å². The number of furan rings is 1. The smallest absolute Gasteiger partial charge is 0.270 e. The Hall–Kier alpha value is -3.65. The number of nitro groups is 1. The third-order valence-corrected chi connectivity index (χ3v) is 4.39. The molecule has 2 aromatic carbocycles. The molecular formula is C19H12ClN3O5. The molecule has 0 fully saturated rings. The summed E-state index contributed by atoms with van der Waals surface area (Å²) in [5, 5.41) is 18.4. The average molecular weight is 398 g/mol. The topological polar surface area (TPSA) is 111 Å². The first kappa shape index (κ1) is 17.7. The van der Waals surface area contributed by atoms with Crippen LogP contribution in [0.3, 0.4) is 0 Å². The predicted molar refractivity (Wildman–Crippen MR) is 101 cm³/mol. The van der Waals surface area contributed by atoms with E-state index in [9.17, 15) is 14.9 Å². The van der Waals surface area contributed by atoms with Gasteiger partial charge in [-0.05, 0) is 18.2 Å². The zero-order valence-electron chi connectivity index (χ0n) is 14.2. The Morgan fingerprint density at radius 1 is 1.14 bits per heavy atom. The first-order chi connectivity index (χ1) is 13.5. The summed E-state index contributed by atoms with van der Waals surface area (Å²) >= 11 is 5.97. The van der Waals surface area contributed by atoms with Gasteiger partial charge < -0.3 is 14.3 Å². The van der Waals surface area contributed by atoms with Crippen molar-refractivity contribution in [2.75, 3.05) is 0 Å². The highest BCUT2D eigenvalue weighted by molar-refractivity contribution is 6.33. The largest absolute Gasteiger partial charge is 0.453 e. The van der Waals surface area contributed by atoms with Crippen LogP contribution in [0.15, 0.2) is 63.5 Å². The number of hydrogen-bond donors (Lipinski definition) is 1. The van der Waals surface area contributed by atoms with Crippen molar-refractivity contribution in [1.82, 2.24) is 10.5 Å². The molecule has 0 bridgehead atoms. The number of carbonyl (C=O) groups is 1. The van der Waals surface area contributed by atoms with Crippen LogP contribution in [-0.4, -0.2) is 16.0 Å². The minimum Gasteiger partial charge on any atom is -0.453 e. The predicted octanol–water partition coefficient (Wildman–Crippen LogP) is 4.58. The summed E-state index contributed by atoms with van der Waals surface area (Å²) < 4.78 is 11.0. The minimum atomic E-state index is -0.593. The number of nitrogens with zero attached hydrogens (tertiary/aromatic N) is 2. The fourth-order valence-corrected chi connectivity index (χ4v) is 2.88. The molecule has 0 radical (unpaired) electrons. The quantitative estimate of drug-likeness (QED) is 0.389. The number of nitro benzene ring substituents is 1. The number of fused-ring (bicyclic) bond motifs is 1. The first-order valence-electron chi connectivity index (χ1n) is 8.18. The Morgan fingerprint density at radius 2 is 1.96 bits per heavy atom. The molecule has 4 aromatic rings. The van der Waals surface area contributed by atoms with Crippen LogP contribution in [0.4, 0.5) is 5.69 Å². The van der Waals surface area contributed by atoms with Gasteiger partial charge in [0, 0.05) is 23.6 Å². The lowest BCUT2D eigenvalue weighted by atomic mass is 10.2. The Balaban J connectivity index is 1.48. The van der Waals surface area contributed by atoms with E-state index in [0.29, 0.717) is 17.2 Å². The lowest BCUT2D eigenvalue weighted by molar-refractivity contribution is -0.384. The molecule has 28 heavy (non-hydrogen) atoms. The third-order valence-electron chi connectivity index (χ3n) is 4.06. The summed E-state index contributed by atoms with van der Waals surface area (Å²) in [6, 6.07) is 14.7. The van der Waals surface area contributed by atoms with Crippen LogP contribution in [0.25, 0.3) is 22.5 Å². The fraction of sp³-hybridized carbons (Fsp3) is 0.0526. The van der Waals surface area contributed by atoms with Crippen LogP contribution in [0.5, 0.6) is 0 Å². The Morgan fingerprint density at radius 3 is 2.75 bits per heavy atom. The molecule has 4 rings (SSSR count). The van der Waals surface area contributed by atoms with Gasteiger partial charge in [-0.3, -0.25) is 14.9 Å². The van der Waals surface area contributed by atoms with Crippen molar-refractivity contribution in [3.63, 3.8) is 0 Å². The summed E-state index contributed by atoms with van der Waals surface area (Å²) in [5.41, 5.74) is 0.981. The van der Waals surface area contributed by atoms with E-state index in [2.05, 4.69) is 10.5 Å². The standard InChI is InChI=1S/C19H12ClN3O5/c20-15-6-5-13(23(25)26)9-14(15)19(24)21-10-12-8-18(28-22-12)17-7-11-3-1-2-4-16(11)27-17/h1-9H,10H2,(H,21,24). The number of nitrogens with one attached hydrogen (secondary N) is 1. The van der Waals surface area contributed by atoms with Gasteiger partial charge in [-0.15, -0.1) is 0 Å². The fourth-order valence-electron chi connectivity index (χ4n) is 2.68. The maximum Gasteiger partial charge on any atom is 0.270 e. The number of amides is 1. The number of aromatic nitrogens is 1. The number of non-ortho nitro benzene ring substituents is 1. The normalized spacial score (nSPS) is 10.9. The van der Waals surface area contributed by atoms with Crippen molar-refractivity contribution in [2.24, 2.45) is 0 Å². The number of benzene rings is 2. The monoisotopic (exact) mass is 397 g/mol. The number of carbonyl (C=O) groups excluding carboxylic acids is 1. The molecule has 1 amide bonds. The Labute approximate surface area is 162 Å². The second kappa shape index (κ2) is 7.16. The second-order valence-electron chi connectivity index (χ2n) is 5.93. The SMILES string of the molecule is O=C(NCc1cc(-c2cc3ccccc3o2)on1)c1cc([N+](=O)[O-])ccc1Cl. The van der Waals surface area contributed by atoms with Crippen LogP contribution in [0, 0.1) is 10.1 Å². The van der Waals surface area contributed by atoms with E-state index >= 15 is 0 Å². The average Bonchev–Trinajstić information content (AvgIpc) is 3.32. The van der Waals surface area contributed by atoms with Crippen LogP contribution >= 0.6 is 11.6 Å². The molecule has 0 aliphatic rings. The second-order valence-corrected chi connectivity index (χ2v) is 6.34. The number of para-hydroxylation sites is 1. The summed E-state index contributed by atoms with van der Waals surface area (Å²) in [4.78, 5) is 22.6. The molecule has 2 aromatic heterocycles. The molecule has 1 N–H and O–H groups in total. The maximum atomic E-state index is 12.3. The molecule has 2 heterocycles. The molecule has 0 aliphatic heterocycles. The summed E-state index contributed by atoms with van der Waals surface area (Å²) in [5.74, 6) is 0.392. The van der Waals surface area contributed by atoms with Crippen LogP contribution in [0.2, 0.25) is 5.02 Å². The van der Waals surface area contributed by atoms with Gasteiger partial charge in [-0.25, -0.2) is 0 Å². The highest BCUT2D eigenvalue weighted by atomic mass is 35.5. The lowest BCUT2D eigenvalue weighted by Gasteiger charge is -2.04. The Bertz CT molecular complexity index is 1160. The maximum absolute atomic E-state index is 12.3. The zero-order chi connectivity index (χ0) is 19.7. The van der Waals surface area contributed by atoms with E-state index in [4.69, 9.17) is 20.5 Å². The van der Waals surface area contributed by atoms with Crippen molar-refractivity contribution < 1.29 is 18.7 Å². The van der Waals surface area contributed by atoms with Gasteiger partial charge in [-0.1, -0.05) is 35.0 Å². The van der Waals surface area contributed by atoms with E-state index < -0.39 is 10.8 Å². The van der Waals surface area contributed by atoms with E-state index in [-0.39, 0.29) is 22.8 Å². The van der Waals surface area contributed by atoms with Gasteiger partial charge in [0.1, 0.15) is 11.3 Å². The molecule has 0 aliphatic carbocycles. The van der Waals surface area contributed by atoms with Gasteiger partial charge in [0.05, 0.1) is 22.1 Å². The zero-order valence-corrected chi connectivity index (χ0v) is 15.0. The van der Waals surface area contributed by atoms with Crippen molar-refractivity contribution >= 4 is 34.2 Å². The number of halogens is 1. The Kier molecular flexibility index (Phi) is 4.54. The molecule has 140 valence electrons.